The first-order chi connectivity index (χ1) is 9.56. The lowest BCUT2D eigenvalue weighted by atomic mass is 9.94. The summed E-state index contributed by atoms with van der Waals surface area (Å²) in [5, 5.41) is 4.99. The molecule has 0 amide bonds. The molecule has 0 spiro atoms. The first-order valence-corrected chi connectivity index (χ1v) is 7.39. The first-order valence-electron chi connectivity index (χ1n) is 6.61. The molecule has 20 heavy (non-hydrogen) atoms. The zero-order valence-electron chi connectivity index (χ0n) is 11.2. The van der Waals surface area contributed by atoms with E-state index in [1.54, 1.807) is 10.9 Å². The van der Waals surface area contributed by atoms with Crippen molar-refractivity contribution >= 4 is 28.8 Å². The predicted octanol–water partition coefficient (Wildman–Crippen LogP) is 2.74. The summed E-state index contributed by atoms with van der Waals surface area (Å²) in [6.07, 6.45) is 6.14. The Morgan fingerprint density at radius 2 is 2.15 bits per heavy atom. The van der Waals surface area contributed by atoms with Gasteiger partial charge in [0.05, 0.1) is 22.5 Å². The van der Waals surface area contributed by atoms with Crippen LogP contribution in [0.3, 0.4) is 0 Å². The van der Waals surface area contributed by atoms with Crippen LogP contribution in [0.25, 0.3) is 5.82 Å². The minimum Gasteiger partial charge on any atom is -0.389 e. The first kappa shape index (κ1) is 13.5. The highest BCUT2D eigenvalue weighted by molar-refractivity contribution is 7.80. The minimum atomic E-state index is 0.338. The number of aromatic nitrogens is 3. The summed E-state index contributed by atoms with van der Waals surface area (Å²) in [5.74, 6) is 0.674. The number of aryl methyl sites for hydroxylation is 3. The van der Waals surface area contributed by atoms with Crippen LogP contribution < -0.4 is 5.73 Å². The highest BCUT2D eigenvalue weighted by atomic mass is 35.5. The fraction of sp³-hybridized carbons (Fsp3) is 0.357. The number of nitrogens with two attached hydrogens (primary N) is 1. The normalized spacial score (nSPS) is 14.1. The van der Waals surface area contributed by atoms with Gasteiger partial charge in [-0.05, 0) is 44.2 Å². The molecule has 6 heteroatoms. The smallest absolute Gasteiger partial charge is 0.163 e. The molecule has 1 aliphatic rings. The van der Waals surface area contributed by atoms with E-state index >= 15 is 0 Å². The van der Waals surface area contributed by atoms with E-state index in [9.17, 15) is 0 Å². The summed E-state index contributed by atoms with van der Waals surface area (Å²) in [7, 11) is 0. The molecule has 0 radical (unpaired) electrons. The summed E-state index contributed by atoms with van der Waals surface area (Å²) >= 11 is 11.2. The molecule has 0 unspecified atom stereocenters. The minimum absolute atomic E-state index is 0.338. The largest absolute Gasteiger partial charge is 0.389 e. The van der Waals surface area contributed by atoms with Crippen LogP contribution in [0.1, 0.15) is 35.4 Å². The highest BCUT2D eigenvalue weighted by Gasteiger charge is 2.18. The van der Waals surface area contributed by atoms with Gasteiger partial charge in [0.1, 0.15) is 4.99 Å². The molecule has 4 nitrogen and oxygen atoms in total. The fourth-order valence-electron chi connectivity index (χ4n) is 2.53. The second-order valence-electron chi connectivity index (χ2n) is 5.04. The van der Waals surface area contributed by atoms with Gasteiger partial charge in [-0.1, -0.05) is 23.8 Å². The van der Waals surface area contributed by atoms with Crippen molar-refractivity contribution in [1.82, 2.24) is 14.8 Å². The van der Waals surface area contributed by atoms with Gasteiger partial charge < -0.3 is 5.73 Å². The lowest BCUT2D eigenvalue weighted by Crippen LogP contribution is -2.18. The molecule has 2 aromatic heterocycles. The molecular weight excluding hydrogens is 292 g/mol. The molecule has 0 aliphatic heterocycles. The number of hydrogen-bond donors (Lipinski definition) is 1. The van der Waals surface area contributed by atoms with E-state index in [0.29, 0.717) is 15.8 Å². The Labute approximate surface area is 128 Å². The number of nitrogens with zero attached hydrogens (tertiary/aromatic N) is 3. The maximum Gasteiger partial charge on any atom is 0.163 e. The van der Waals surface area contributed by atoms with Crippen LogP contribution >= 0.6 is 23.8 Å². The van der Waals surface area contributed by atoms with Gasteiger partial charge in [-0.15, -0.1) is 0 Å². The van der Waals surface area contributed by atoms with Gasteiger partial charge in [0, 0.05) is 5.69 Å². The molecule has 0 fully saturated rings. The van der Waals surface area contributed by atoms with Gasteiger partial charge in [0.15, 0.2) is 5.82 Å². The van der Waals surface area contributed by atoms with E-state index in [-0.39, 0.29) is 0 Å². The second-order valence-corrected chi connectivity index (χ2v) is 5.89. The van der Waals surface area contributed by atoms with Crippen molar-refractivity contribution in [3.63, 3.8) is 0 Å². The zero-order valence-corrected chi connectivity index (χ0v) is 12.8. The second kappa shape index (κ2) is 5.14. The van der Waals surface area contributed by atoms with Crippen molar-refractivity contribution in [1.29, 1.82) is 0 Å². The van der Waals surface area contributed by atoms with E-state index in [1.165, 1.54) is 18.4 Å². The Morgan fingerprint density at radius 3 is 2.80 bits per heavy atom. The van der Waals surface area contributed by atoms with Crippen LogP contribution in [0.4, 0.5) is 0 Å². The number of hydrogen-bond acceptors (Lipinski definition) is 3. The molecule has 0 aromatic carbocycles. The highest BCUT2D eigenvalue weighted by Crippen LogP contribution is 2.25. The number of rotatable bonds is 2. The van der Waals surface area contributed by atoms with Gasteiger partial charge in [0.2, 0.25) is 0 Å². The molecule has 2 aromatic rings. The van der Waals surface area contributed by atoms with E-state index in [0.717, 1.165) is 29.8 Å². The number of fused-ring (bicyclic) bond motifs is 1. The van der Waals surface area contributed by atoms with Gasteiger partial charge in [0.25, 0.3) is 0 Å². The number of thiocarbonyl (C=S) groups is 1. The topological polar surface area (TPSA) is 56.7 Å². The molecule has 1 aliphatic carbocycles. The third-order valence-electron chi connectivity index (χ3n) is 3.60. The summed E-state index contributed by atoms with van der Waals surface area (Å²) in [6, 6.07) is 2.06. The van der Waals surface area contributed by atoms with Gasteiger partial charge in [-0.2, -0.15) is 5.10 Å². The summed E-state index contributed by atoms with van der Waals surface area (Å²) in [6.45, 7) is 1.86. The van der Waals surface area contributed by atoms with Crippen molar-refractivity contribution in [2.75, 3.05) is 0 Å². The van der Waals surface area contributed by atoms with E-state index in [2.05, 4.69) is 11.2 Å². The summed E-state index contributed by atoms with van der Waals surface area (Å²) in [4.78, 5) is 5.07. The van der Waals surface area contributed by atoms with E-state index in [4.69, 9.17) is 34.5 Å². The predicted molar refractivity (Wildman–Crippen MR) is 83.6 cm³/mol. The average molecular weight is 307 g/mol. The maximum absolute atomic E-state index is 6.08. The molecule has 2 N–H and O–H groups in total. The zero-order chi connectivity index (χ0) is 14.3. The maximum atomic E-state index is 6.08. The Morgan fingerprint density at radius 1 is 1.40 bits per heavy atom. The van der Waals surface area contributed by atoms with Crippen LogP contribution in [0.2, 0.25) is 5.02 Å². The third kappa shape index (κ3) is 2.31. The Bertz CT molecular complexity index is 673. The van der Waals surface area contributed by atoms with Crippen LogP contribution in [0, 0.1) is 6.92 Å². The fourth-order valence-corrected chi connectivity index (χ4v) is 2.81. The molecule has 0 bridgehead atoms. The van der Waals surface area contributed by atoms with Crippen molar-refractivity contribution < 1.29 is 0 Å². The van der Waals surface area contributed by atoms with E-state index in [1.807, 2.05) is 6.92 Å². The van der Waals surface area contributed by atoms with Crippen molar-refractivity contribution in [2.24, 2.45) is 5.73 Å². The quantitative estimate of drug-likeness (QED) is 0.867. The average Bonchev–Trinajstić information content (AvgIpc) is 2.77. The third-order valence-corrected chi connectivity index (χ3v) is 4.19. The summed E-state index contributed by atoms with van der Waals surface area (Å²) < 4.78 is 1.67. The number of pyridine rings is 1. The van der Waals surface area contributed by atoms with E-state index < -0.39 is 0 Å². The van der Waals surface area contributed by atoms with Gasteiger partial charge in [-0.3, -0.25) is 0 Å². The molecule has 104 valence electrons. The van der Waals surface area contributed by atoms with Crippen molar-refractivity contribution in [3.8, 4) is 5.82 Å². The molecule has 2 heterocycles. The summed E-state index contributed by atoms with van der Waals surface area (Å²) in [5.41, 5.74) is 9.74. The van der Waals surface area contributed by atoms with Gasteiger partial charge >= 0.3 is 0 Å². The van der Waals surface area contributed by atoms with Crippen molar-refractivity contribution in [3.05, 3.63) is 39.8 Å². The van der Waals surface area contributed by atoms with Crippen LogP contribution in [-0.4, -0.2) is 19.8 Å². The van der Waals surface area contributed by atoms with Gasteiger partial charge in [-0.25, -0.2) is 9.67 Å². The Hall–Kier alpha value is -1.46. The molecule has 0 saturated carbocycles. The molecule has 3 rings (SSSR count). The molecule has 0 saturated heterocycles. The van der Waals surface area contributed by atoms with Crippen LogP contribution in [0.15, 0.2) is 12.3 Å². The van der Waals surface area contributed by atoms with Crippen LogP contribution in [-0.2, 0) is 12.8 Å². The standard InChI is InChI=1S/C14H15ClN4S/c1-8-11(15)7-19(18-8)14-10(13(16)20)6-9-4-2-3-5-12(9)17-14/h6-7H,2-5H2,1H3,(H2,16,20). The molecule has 0 atom stereocenters. The van der Waals surface area contributed by atoms with Crippen molar-refractivity contribution in [2.45, 2.75) is 32.6 Å². The lowest BCUT2D eigenvalue weighted by Gasteiger charge is -2.18. The van der Waals surface area contributed by atoms with Crippen LogP contribution in [0.5, 0.6) is 0 Å². The number of halogens is 1. The molecular formula is C14H15ClN4S. The lowest BCUT2D eigenvalue weighted by molar-refractivity contribution is 0.661. The SMILES string of the molecule is Cc1nn(-c2nc3c(cc2C(N)=S)CCCC3)cc1Cl. The monoisotopic (exact) mass is 306 g/mol. The Kier molecular flexibility index (Phi) is 3.48. The Balaban J connectivity index is 2.19.